The fraction of sp³-hybridized carbons (Fsp3) is 0.214. The monoisotopic (exact) mass is 213 g/mol. The molecule has 1 aromatic carbocycles. The molecule has 1 aromatic heterocycles. The Balaban J connectivity index is 2.58. The van der Waals surface area contributed by atoms with Crippen molar-refractivity contribution < 1.29 is 4.74 Å². The van der Waals surface area contributed by atoms with Gasteiger partial charge >= 0.3 is 0 Å². The Morgan fingerprint density at radius 3 is 3.00 bits per heavy atom. The molecular weight excluding hydrogens is 198 g/mol. The van der Waals surface area contributed by atoms with Gasteiger partial charge in [0.05, 0.1) is 12.6 Å². The molecule has 2 aromatic rings. The van der Waals surface area contributed by atoms with E-state index in [1.54, 1.807) is 13.3 Å². The third-order valence-corrected chi connectivity index (χ3v) is 2.47. The summed E-state index contributed by atoms with van der Waals surface area (Å²) in [4.78, 5) is 4.34. The van der Waals surface area contributed by atoms with Crippen molar-refractivity contribution in [2.24, 2.45) is 0 Å². The molecule has 1 heterocycles. The van der Waals surface area contributed by atoms with Gasteiger partial charge in [-0.05, 0) is 36.2 Å². The third kappa shape index (κ3) is 2.06. The van der Waals surface area contributed by atoms with E-state index in [4.69, 9.17) is 4.74 Å². The minimum atomic E-state index is 0.876. The van der Waals surface area contributed by atoms with Crippen molar-refractivity contribution in [3.05, 3.63) is 42.1 Å². The van der Waals surface area contributed by atoms with Crippen LogP contribution in [-0.4, -0.2) is 12.1 Å². The normalized spacial score (nSPS) is 11.1. The first-order valence-electron chi connectivity index (χ1n) is 5.44. The molecule has 0 bridgehead atoms. The maximum atomic E-state index is 5.37. The minimum absolute atomic E-state index is 0.876. The fourth-order valence-corrected chi connectivity index (χ4v) is 1.69. The molecule has 16 heavy (non-hydrogen) atoms. The molecule has 82 valence electrons. The summed E-state index contributed by atoms with van der Waals surface area (Å²) in [6.45, 7) is 2.12. The van der Waals surface area contributed by atoms with Gasteiger partial charge in [0.2, 0.25) is 0 Å². The molecule has 0 aliphatic carbocycles. The lowest BCUT2D eigenvalue weighted by molar-refractivity contribution is 0.419. The fourth-order valence-electron chi connectivity index (χ4n) is 1.69. The van der Waals surface area contributed by atoms with E-state index < -0.39 is 0 Å². The molecule has 0 aliphatic rings. The van der Waals surface area contributed by atoms with Crippen molar-refractivity contribution in [2.75, 3.05) is 7.11 Å². The van der Waals surface area contributed by atoms with Crippen molar-refractivity contribution in [1.29, 1.82) is 0 Å². The first-order valence-corrected chi connectivity index (χ1v) is 5.44. The van der Waals surface area contributed by atoms with E-state index in [1.807, 2.05) is 18.2 Å². The molecule has 2 rings (SSSR count). The number of fused-ring (bicyclic) bond motifs is 1. The molecule has 0 fully saturated rings. The Bertz CT molecular complexity index is 517. The summed E-state index contributed by atoms with van der Waals surface area (Å²) in [5.74, 6) is 0.876. The van der Waals surface area contributed by atoms with Gasteiger partial charge in [-0.25, -0.2) is 0 Å². The number of hydrogen-bond acceptors (Lipinski definition) is 2. The number of methoxy groups -OCH3 is 1. The SMILES string of the molecule is CC/C=C/c1cc(OC)c2cccnc2c1. The predicted molar refractivity (Wildman–Crippen MR) is 67.6 cm³/mol. The summed E-state index contributed by atoms with van der Waals surface area (Å²) < 4.78 is 5.37. The molecule has 0 spiro atoms. The first-order chi connectivity index (χ1) is 7.85. The van der Waals surface area contributed by atoms with Gasteiger partial charge < -0.3 is 4.74 Å². The molecule has 0 unspecified atom stereocenters. The molecule has 0 saturated heterocycles. The second-order valence-corrected chi connectivity index (χ2v) is 3.60. The standard InChI is InChI=1S/C14H15NO/c1-3-4-6-11-9-13-12(7-5-8-15-13)14(10-11)16-2/h4-10H,3H2,1-2H3/b6-4+. The molecule has 2 heteroatoms. The van der Waals surface area contributed by atoms with E-state index in [0.717, 1.165) is 28.6 Å². The van der Waals surface area contributed by atoms with E-state index >= 15 is 0 Å². The second-order valence-electron chi connectivity index (χ2n) is 3.60. The van der Waals surface area contributed by atoms with E-state index in [1.165, 1.54) is 0 Å². The lowest BCUT2D eigenvalue weighted by Gasteiger charge is -2.06. The Morgan fingerprint density at radius 2 is 2.25 bits per heavy atom. The average Bonchev–Trinajstić information content (AvgIpc) is 2.35. The van der Waals surface area contributed by atoms with E-state index in [2.05, 4.69) is 30.1 Å². The number of aromatic nitrogens is 1. The molecule has 0 saturated carbocycles. The van der Waals surface area contributed by atoms with Gasteiger partial charge in [-0.3, -0.25) is 4.98 Å². The highest BCUT2D eigenvalue weighted by Gasteiger charge is 2.02. The molecule has 0 radical (unpaired) electrons. The summed E-state index contributed by atoms with van der Waals surface area (Å²) >= 11 is 0. The van der Waals surface area contributed by atoms with Gasteiger partial charge in [0.1, 0.15) is 5.75 Å². The molecule has 0 N–H and O–H groups in total. The van der Waals surface area contributed by atoms with E-state index in [9.17, 15) is 0 Å². The van der Waals surface area contributed by atoms with Crippen LogP contribution in [0.15, 0.2) is 36.5 Å². The Morgan fingerprint density at radius 1 is 1.38 bits per heavy atom. The van der Waals surface area contributed by atoms with E-state index in [-0.39, 0.29) is 0 Å². The minimum Gasteiger partial charge on any atom is -0.496 e. The molecule has 0 aliphatic heterocycles. The molecule has 0 amide bonds. The zero-order chi connectivity index (χ0) is 11.4. The largest absolute Gasteiger partial charge is 0.496 e. The van der Waals surface area contributed by atoms with Gasteiger partial charge in [-0.2, -0.15) is 0 Å². The van der Waals surface area contributed by atoms with Crippen molar-refractivity contribution >= 4 is 17.0 Å². The molecular formula is C14H15NO. The number of ether oxygens (including phenoxy) is 1. The van der Waals surface area contributed by atoms with Crippen LogP contribution in [0.1, 0.15) is 18.9 Å². The summed E-state index contributed by atoms with van der Waals surface area (Å²) in [6.07, 6.45) is 7.05. The highest BCUT2D eigenvalue weighted by molar-refractivity contribution is 5.87. The number of rotatable bonds is 3. The number of pyridine rings is 1. The Kier molecular flexibility index (Phi) is 3.20. The van der Waals surface area contributed by atoms with Gasteiger partial charge in [-0.1, -0.05) is 19.1 Å². The average molecular weight is 213 g/mol. The van der Waals surface area contributed by atoms with Crippen LogP contribution < -0.4 is 4.74 Å². The lowest BCUT2D eigenvalue weighted by Crippen LogP contribution is -1.88. The zero-order valence-electron chi connectivity index (χ0n) is 9.60. The topological polar surface area (TPSA) is 22.1 Å². The summed E-state index contributed by atoms with van der Waals surface area (Å²) in [5, 5.41) is 1.05. The number of nitrogens with zero attached hydrogens (tertiary/aromatic N) is 1. The van der Waals surface area contributed by atoms with E-state index in [0.29, 0.717) is 0 Å². The summed E-state index contributed by atoms with van der Waals surface area (Å²) in [5.41, 5.74) is 2.10. The number of benzene rings is 1. The highest BCUT2D eigenvalue weighted by Crippen LogP contribution is 2.26. The van der Waals surface area contributed by atoms with Crippen LogP contribution >= 0.6 is 0 Å². The van der Waals surface area contributed by atoms with Crippen LogP contribution in [0.25, 0.3) is 17.0 Å². The highest BCUT2D eigenvalue weighted by atomic mass is 16.5. The van der Waals surface area contributed by atoms with Gasteiger partial charge in [0.25, 0.3) is 0 Å². The van der Waals surface area contributed by atoms with Gasteiger partial charge in [0.15, 0.2) is 0 Å². The summed E-state index contributed by atoms with van der Waals surface area (Å²) in [6, 6.07) is 8.06. The zero-order valence-corrected chi connectivity index (χ0v) is 9.60. The van der Waals surface area contributed by atoms with Crippen LogP contribution in [-0.2, 0) is 0 Å². The molecule has 0 atom stereocenters. The Hall–Kier alpha value is -1.83. The third-order valence-electron chi connectivity index (χ3n) is 2.47. The smallest absolute Gasteiger partial charge is 0.128 e. The molecule has 2 nitrogen and oxygen atoms in total. The first kappa shape index (κ1) is 10.7. The lowest BCUT2D eigenvalue weighted by atomic mass is 10.1. The van der Waals surface area contributed by atoms with Crippen LogP contribution in [0.4, 0.5) is 0 Å². The van der Waals surface area contributed by atoms with Crippen LogP contribution in [0.5, 0.6) is 5.75 Å². The van der Waals surface area contributed by atoms with Crippen LogP contribution in [0.3, 0.4) is 0 Å². The van der Waals surface area contributed by atoms with Crippen molar-refractivity contribution in [3.8, 4) is 5.75 Å². The van der Waals surface area contributed by atoms with Crippen molar-refractivity contribution in [2.45, 2.75) is 13.3 Å². The predicted octanol–water partition coefficient (Wildman–Crippen LogP) is 3.67. The number of hydrogen-bond donors (Lipinski definition) is 0. The quantitative estimate of drug-likeness (QED) is 0.776. The summed E-state index contributed by atoms with van der Waals surface area (Å²) in [7, 11) is 1.69. The van der Waals surface area contributed by atoms with Gasteiger partial charge in [-0.15, -0.1) is 0 Å². The van der Waals surface area contributed by atoms with Crippen molar-refractivity contribution in [1.82, 2.24) is 4.98 Å². The van der Waals surface area contributed by atoms with Crippen LogP contribution in [0.2, 0.25) is 0 Å². The van der Waals surface area contributed by atoms with Gasteiger partial charge in [0, 0.05) is 11.6 Å². The maximum Gasteiger partial charge on any atom is 0.128 e. The van der Waals surface area contributed by atoms with Crippen molar-refractivity contribution in [3.63, 3.8) is 0 Å². The Labute approximate surface area is 95.6 Å². The number of allylic oxidation sites excluding steroid dienone is 1. The second kappa shape index (κ2) is 4.79. The maximum absolute atomic E-state index is 5.37. The van der Waals surface area contributed by atoms with Crippen LogP contribution in [0, 0.1) is 0 Å².